The summed E-state index contributed by atoms with van der Waals surface area (Å²) in [5.41, 5.74) is 0.804. The Morgan fingerprint density at radius 1 is 1.04 bits per heavy atom. The van der Waals surface area contributed by atoms with Crippen LogP contribution in [0.4, 0.5) is 28.9 Å². The SMILES string of the molecule is F/C=C/COc1nnc(-c2ccccc2Nc2ccc(C(F)(F)F)cc2)o1. The first-order chi connectivity index (χ1) is 13.0. The van der Waals surface area contributed by atoms with Gasteiger partial charge in [-0.05, 0) is 42.5 Å². The Morgan fingerprint density at radius 3 is 2.48 bits per heavy atom. The molecule has 3 aromatic rings. The minimum Gasteiger partial charge on any atom is -0.445 e. The van der Waals surface area contributed by atoms with Crippen LogP contribution in [-0.4, -0.2) is 16.8 Å². The lowest BCUT2D eigenvalue weighted by atomic mass is 10.1. The van der Waals surface area contributed by atoms with Gasteiger partial charge in [0.2, 0.25) is 0 Å². The van der Waals surface area contributed by atoms with Crippen LogP contribution in [0.1, 0.15) is 5.56 Å². The molecule has 0 amide bonds. The minimum absolute atomic E-state index is 0.0659. The smallest absolute Gasteiger partial charge is 0.416 e. The summed E-state index contributed by atoms with van der Waals surface area (Å²) in [6, 6.07) is 11.5. The summed E-state index contributed by atoms with van der Waals surface area (Å²) >= 11 is 0. The van der Waals surface area contributed by atoms with E-state index in [1.807, 2.05) is 0 Å². The highest BCUT2D eigenvalue weighted by atomic mass is 19.4. The zero-order chi connectivity index (χ0) is 19.3. The second-order valence-electron chi connectivity index (χ2n) is 5.29. The largest absolute Gasteiger partial charge is 0.445 e. The molecule has 0 aliphatic carbocycles. The molecule has 0 saturated carbocycles. The Bertz CT molecular complexity index is 921. The van der Waals surface area contributed by atoms with Gasteiger partial charge in [0.1, 0.15) is 6.61 Å². The second-order valence-corrected chi connectivity index (χ2v) is 5.29. The average Bonchev–Trinajstić information content (AvgIpc) is 3.11. The van der Waals surface area contributed by atoms with Crippen LogP contribution in [0.15, 0.2) is 65.4 Å². The summed E-state index contributed by atoms with van der Waals surface area (Å²) in [6.07, 6.45) is -3.06. The van der Waals surface area contributed by atoms with E-state index in [1.54, 1.807) is 24.3 Å². The maximum absolute atomic E-state index is 12.7. The molecule has 140 valence electrons. The lowest BCUT2D eigenvalue weighted by molar-refractivity contribution is -0.137. The van der Waals surface area contributed by atoms with E-state index in [4.69, 9.17) is 9.15 Å². The molecule has 27 heavy (non-hydrogen) atoms. The number of anilines is 2. The molecule has 1 N–H and O–H groups in total. The van der Waals surface area contributed by atoms with Crippen molar-refractivity contribution in [3.05, 3.63) is 66.5 Å². The molecular weight excluding hydrogens is 366 g/mol. The summed E-state index contributed by atoms with van der Waals surface area (Å²) in [7, 11) is 0. The molecule has 9 heteroatoms. The van der Waals surface area contributed by atoms with Crippen molar-refractivity contribution >= 4 is 11.4 Å². The van der Waals surface area contributed by atoms with Gasteiger partial charge in [0.05, 0.1) is 23.1 Å². The molecule has 1 heterocycles. The number of aromatic nitrogens is 2. The van der Waals surface area contributed by atoms with Gasteiger partial charge in [-0.3, -0.25) is 0 Å². The Hall–Kier alpha value is -3.36. The molecule has 1 aromatic heterocycles. The fourth-order valence-corrected chi connectivity index (χ4v) is 2.21. The number of nitrogens with one attached hydrogen (secondary N) is 1. The van der Waals surface area contributed by atoms with Gasteiger partial charge >= 0.3 is 12.3 Å². The van der Waals surface area contributed by atoms with Crippen molar-refractivity contribution < 1.29 is 26.7 Å². The zero-order valence-electron chi connectivity index (χ0n) is 13.7. The number of hydrogen-bond donors (Lipinski definition) is 1. The number of ether oxygens (including phenoxy) is 1. The summed E-state index contributed by atoms with van der Waals surface area (Å²) in [4.78, 5) is 0. The van der Waals surface area contributed by atoms with Gasteiger partial charge in [-0.25, -0.2) is 4.39 Å². The summed E-state index contributed by atoms with van der Waals surface area (Å²) in [5.74, 6) is 0.143. The first-order valence-electron chi connectivity index (χ1n) is 7.72. The van der Waals surface area contributed by atoms with Gasteiger partial charge < -0.3 is 14.5 Å². The number of benzene rings is 2. The van der Waals surface area contributed by atoms with E-state index in [-0.39, 0.29) is 18.6 Å². The molecule has 5 nitrogen and oxygen atoms in total. The first-order valence-corrected chi connectivity index (χ1v) is 7.72. The maximum Gasteiger partial charge on any atom is 0.416 e. The third-order valence-corrected chi connectivity index (χ3v) is 3.45. The molecule has 0 spiro atoms. The number of hydrogen-bond acceptors (Lipinski definition) is 5. The predicted molar refractivity (Wildman–Crippen MR) is 90.2 cm³/mol. The second kappa shape index (κ2) is 7.90. The van der Waals surface area contributed by atoms with E-state index < -0.39 is 11.7 Å². The molecule has 3 rings (SSSR count). The van der Waals surface area contributed by atoms with Crippen molar-refractivity contribution in [1.29, 1.82) is 0 Å². The topological polar surface area (TPSA) is 60.2 Å². The molecule has 0 aliphatic rings. The molecule has 0 fully saturated rings. The molecule has 2 aromatic carbocycles. The van der Waals surface area contributed by atoms with Crippen LogP contribution in [0, 0.1) is 0 Å². The highest BCUT2D eigenvalue weighted by Crippen LogP contribution is 2.33. The molecule has 0 unspecified atom stereocenters. The number of nitrogens with zero attached hydrogens (tertiary/aromatic N) is 2. The van der Waals surface area contributed by atoms with Gasteiger partial charge in [-0.1, -0.05) is 17.2 Å². The Balaban J connectivity index is 1.80. The highest BCUT2D eigenvalue weighted by Gasteiger charge is 2.29. The van der Waals surface area contributed by atoms with Gasteiger partial charge in [-0.2, -0.15) is 13.2 Å². The molecule has 0 atom stereocenters. The first kappa shape index (κ1) is 18.4. The Kier molecular flexibility index (Phi) is 5.39. The fraction of sp³-hybridized carbons (Fsp3) is 0.111. The minimum atomic E-state index is -4.39. The fourth-order valence-electron chi connectivity index (χ4n) is 2.21. The van der Waals surface area contributed by atoms with E-state index >= 15 is 0 Å². The number of rotatable bonds is 6. The summed E-state index contributed by atoms with van der Waals surface area (Å²) in [5, 5.41) is 10.6. The van der Waals surface area contributed by atoms with Gasteiger partial charge in [0.15, 0.2) is 0 Å². The van der Waals surface area contributed by atoms with Gasteiger partial charge in [-0.15, -0.1) is 5.10 Å². The van der Waals surface area contributed by atoms with Gasteiger partial charge in [0, 0.05) is 5.69 Å². The Morgan fingerprint density at radius 2 is 1.78 bits per heavy atom. The number of alkyl halides is 3. The van der Waals surface area contributed by atoms with Crippen molar-refractivity contribution in [3.63, 3.8) is 0 Å². The molecule has 0 bridgehead atoms. The van der Waals surface area contributed by atoms with Crippen LogP contribution >= 0.6 is 0 Å². The summed E-state index contributed by atoms with van der Waals surface area (Å²) < 4.78 is 60.3. The van der Waals surface area contributed by atoms with Crippen LogP contribution < -0.4 is 10.1 Å². The van der Waals surface area contributed by atoms with E-state index in [1.165, 1.54) is 12.1 Å². The van der Waals surface area contributed by atoms with Crippen molar-refractivity contribution in [2.75, 3.05) is 11.9 Å². The van der Waals surface area contributed by atoms with Crippen molar-refractivity contribution in [2.24, 2.45) is 0 Å². The van der Waals surface area contributed by atoms with E-state index in [9.17, 15) is 17.6 Å². The van der Waals surface area contributed by atoms with E-state index in [0.717, 1.165) is 18.2 Å². The third kappa shape index (κ3) is 4.63. The van der Waals surface area contributed by atoms with Crippen LogP contribution in [0.2, 0.25) is 0 Å². The number of para-hydroxylation sites is 1. The zero-order valence-corrected chi connectivity index (χ0v) is 13.7. The molecule has 0 aliphatic heterocycles. The lowest BCUT2D eigenvalue weighted by Crippen LogP contribution is -2.04. The Labute approximate surface area is 151 Å². The maximum atomic E-state index is 12.7. The normalized spacial score (nSPS) is 11.7. The molecular formula is C18H13F4N3O2. The van der Waals surface area contributed by atoms with Crippen molar-refractivity contribution in [1.82, 2.24) is 10.2 Å². The van der Waals surface area contributed by atoms with Crippen LogP contribution in [0.5, 0.6) is 6.08 Å². The lowest BCUT2D eigenvalue weighted by Gasteiger charge is -2.11. The highest BCUT2D eigenvalue weighted by molar-refractivity contribution is 5.76. The third-order valence-electron chi connectivity index (χ3n) is 3.45. The standard InChI is InChI=1S/C18H13F4N3O2/c19-10-3-11-26-17-25-24-16(27-17)14-4-1-2-5-15(14)23-13-8-6-12(7-9-13)18(20,21)22/h1-10,23H,11H2/b10-3+. The van der Waals surface area contributed by atoms with Crippen molar-refractivity contribution in [2.45, 2.75) is 6.18 Å². The summed E-state index contributed by atoms with van der Waals surface area (Å²) in [6.45, 7) is -0.0659. The molecule has 0 radical (unpaired) electrons. The van der Waals surface area contributed by atoms with Crippen LogP contribution in [0.25, 0.3) is 11.5 Å². The monoisotopic (exact) mass is 379 g/mol. The average molecular weight is 379 g/mol. The van der Waals surface area contributed by atoms with Crippen LogP contribution in [0.3, 0.4) is 0 Å². The van der Waals surface area contributed by atoms with E-state index in [2.05, 4.69) is 15.5 Å². The van der Waals surface area contributed by atoms with Gasteiger partial charge in [0.25, 0.3) is 5.89 Å². The number of halogens is 4. The quantitative estimate of drug-likeness (QED) is 0.584. The predicted octanol–water partition coefficient (Wildman–Crippen LogP) is 5.36. The molecule has 0 saturated heterocycles. The van der Waals surface area contributed by atoms with Crippen LogP contribution in [-0.2, 0) is 6.18 Å². The van der Waals surface area contributed by atoms with E-state index in [0.29, 0.717) is 23.3 Å². The van der Waals surface area contributed by atoms with Crippen molar-refractivity contribution in [3.8, 4) is 17.5 Å².